The quantitative estimate of drug-likeness (QED) is 0.638. The minimum absolute atomic E-state index is 0.115. The zero-order valence-electron chi connectivity index (χ0n) is 10.9. The second-order valence-corrected chi connectivity index (χ2v) is 4.61. The molecule has 4 heteroatoms. The summed E-state index contributed by atoms with van der Waals surface area (Å²) in [6, 6.07) is 9.31. The van der Waals surface area contributed by atoms with E-state index in [-0.39, 0.29) is 23.3 Å². The SMILES string of the molecule is Cc1cc(O)ccc1NC(C)c1cc(O)ccc1O. The van der Waals surface area contributed by atoms with E-state index in [4.69, 9.17) is 0 Å². The molecule has 0 aromatic heterocycles. The number of rotatable bonds is 3. The first kappa shape index (κ1) is 13.1. The van der Waals surface area contributed by atoms with Crippen LogP contribution in [-0.2, 0) is 0 Å². The monoisotopic (exact) mass is 259 g/mol. The normalized spacial score (nSPS) is 12.1. The second-order valence-electron chi connectivity index (χ2n) is 4.61. The Kier molecular flexibility index (Phi) is 3.51. The van der Waals surface area contributed by atoms with Crippen molar-refractivity contribution < 1.29 is 15.3 Å². The van der Waals surface area contributed by atoms with Gasteiger partial charge in [0.1, 0.15) is 17.2 Å². The zero-order chi connectivity index (χ0) is 14.0. The summed E-state index contributed by atoms with van der Waals surface area (Å²) >= 11 is 0. The van der Waals surface area contributed by atoms with E-state index in [0.717, 1.165) is 11.3 Å². The smallest absolute Gasteiger partial charge is 0.121 e. The summed E-state index contributed by atoms with van der Waals surface area (Å²) in [7, 11) is 0. The Morgan fingerprint density at radius 1 is 0.947 bits per heavy atom. The van der Waals surface area contributed by atoms with Gasteiger partial charge in [-0.2, -0.15) is 0 Å². The lowest BCUT2D eigenvalue weighted by molar-refractivity contribution is 0.451. The van der Waals surface area contributed by atoms with Crippen LogP contribution in [0.15, 0.2) is 36.4 Å². The van der Waals surface area contributed by atoms with Gasteiger partial charge in [-0.25, -0.2) is 0 Å². The number of aryl methyl sites for hydroxylation is 1. The third-order valence-corrected chi connectivity index (χ3v) is 3.06. The Hall–Kier alpha value is -2.36. The predicted octanol–water partition coefficient (Wildman–Crippen LogP) is 3.28. The molecule has 1 atom stereocenters. The van der Waals surface area contributed by atoms with Crippen molar-refractivity contribution in [3.05, 3.63) is 47.5 Å². The van der Waals surface area contributed by atoms with E-state index in [1.807, 2.05) is 13.8 Å². The lowest BCUT2D eigenvalue weighted by Gasteiger charge is -2.18. The number of hydrogen-bond acceptors (Lipinski definition) is 4. The molecule has 0 amide bonds. The first-order chi connectivity index (χ1) is 8.97. The number of hydrogen-bond donors (Lipinski definition) is 4. The van der Waals surface area contributed by atoms with Gasteiger partial charge in [0.2, 0.25) is 0 Å². The van der Waals surface area contributed by atoms with Crippen LogP contribution in [0.3, 0.4) is 0 Å². The van der Waals surface area contributed by atoms with Gasteiger partial charge in [-0.3, -0.25) is 0 Å². The number of nitrogens with one attached hydrogen (secondary N) is 1. The van der Waals surface area contributed by atoms with Crippen LogP contribution < -0.4 is 5.32 Å². The summed E-state index contributed by atoms with van der Waals surface area (Å²) in [5, 5.41) is 31.9. The maximum atomic E-state index is 9.81. The maximum Gasteiger partial charge on any atom is 0.121 e. The summed E-state index contributed by atoms with van der Waals surface area (Å²) in [5.41, 5.74) is 2.40. The van der Waals surface area contributed by atoms with Crippen LogP contribution in [0.2, 0.25) is 0 Å². The fourth-order valence-corrected chi connectivity index (χ4v) is 2.01. The molecule has 0 radical (unpaired) electrons. The van der Waals surface area contributed by atoms with Gasteiger partial charge in [-0.05, 0) is 55.8 Å². The highest BCUT2D eigenvalue weighted by Gasteiger charge is 2.12. The van der Waals surface area contributed by atoms with Gasteiger partial charge >= 0.3 is 0 Å². The topological polar surface area (TPSA) is 72.7 Å². The van der Waals surface area contributed by atoms with Gasteiger partial charge in [0.05, 0.1) is 6.04 Å². The van der Waals surface area contributed by atoms with Crippen molar-refractivity contribution >= 4 is 5.69 Å². The highest BCUT2D eigenvalue weighted by atomic mass is 16.3. The zero-order valence-corrected chi connectivity index (χ0v) is 10.9. The van der Waals surface area contributed by atoms with Gasteiger partial charge < -0.3 is 20.6 Å². The van der Waals surface area contributed by atoms with Crippen LogP contribution in [0.4, 0.5) is 5.69 Å². The molecule has 0 saturated heterocycles. The van der Waals surface area contributed by atoms with E-state index in [1.165, 1.54) is 18.2 Å². The van der Waals surface area contributed by atoms with Crippen molar-refractivity contribution in [3.8, 4) is 17.2 Å². The minimum atomic E-state index is -0.171. The molecule has 2 rings (SSSR count). The van der Waals surface area contributed by atoms with E-state index >= 15 is 0 Å². The number of aromatic hydroxyl groups is 3. The van der Waals surface area contributed by atoms with Gasteiger partial charge in [-0.1, -0.05) is 0 Å². The summed E-state index contributed by atoms with van der Waals surface area (Å²) in [4.78, 5) is 0. The van der Waals surface area contributed by atoms with E-state index in [0.29, 0.717) is 5.56 Å². The highest BCUT2D eigenvalue weighted by molar-refractivity contribution is 5.55. The molecule has 1 unspecified atom stereocenters. The first-order valence-electron chi connectivity index (χ1n) is 6.05. The third kappa shape index (κ3) is 2.91. The number of phenols is 3. The Morgan fingerprint density at radius 2 is 1.58 bits per heavy atom. The van der Waals surface area contributed by atoms with Crippen LogP contribution in [0, 0.1) is 6.92 Å². The average molecular weight is 259 g/mol. The molecule has 2 aromatic rings. The Bertz CT molecular complexity index is 596. The van der Waals surface area contributed by atoms with Crippen LogP contribution >= 0.6 is 0 Å². The molecule has 0 fully saturated rings. The Morgan fingerprint density at radius 3 is 2.26 bits per heavy atom. The molecule has 4 nitrogen and oxygen atoms in total. The number of benzene rings is 2. The van der Waals surface area contributed by atoms with Crippen LogP contribution in [0.25, 0.3) is 0 Å². The van der Waals surface area contributed by atoms with Crippen molar-refractivity contribution in [3.63, 3.8) is 0 Å². The summed E-state index contributed by atoms with van der Waals surface area (Å²) in [6.07, 6.45) is 0. The van der Waals surface area contributed by atoms with Gasteiger partial charge in [0, 0.05) is 11.3 Å². The summed E-state index contributed by atoms with van der Waals surface area (Å²) < 4.78 is 0. The van der Waals surface area contributed by atoms with Crippen LogP contribution in [0.1, 0.15) is 24.1 Å². The van der Waals surface area contributed by atoms with Gasteiger partial charge in [0.25, 0.3) is 0 Å². The Labute approximate surface area is 112 Å². The maximum absolute atomic E-state index is 9.81. The molecule has 0 heterocycles. The fourth-order valence-electron chi connectivity index (χ4n) is 2.01. The van der Waals surface area contributed by atoms with Gasteiger partial charge in [0.15, 0.2) is 0 Å². The molecule has 100 valence electrons. The molecular weight excluding hydrogens is 242 g/mol. The molecule has 0 aliphatic heterocycles. The van der Waals surface area contributed by atoms with Crippen molar-refractivity contribution in [2.45, 2.75) is 19.9 Å². The van der Waals surface area contributed by atoms with E-state index in [2.05, 4.69) is 5.32 Å². The molecule has 4 N–H and O–H groups in total. The highest BCUT2D eigenvalue weighted by Crippen LogP contribution is 2.31. The molecule has 0 bridgehead atoms. The van der Waals surface area contributed by atoms with Crippen molar-refractivity contribution in [1.82, 2.24) is 0 Å². The van der Waals surface area contributed by atoms with Crippen molar-refractivity contribution in [2.24, 2.45) is 0 Å². The molecule has 19 heavy (non-hydrogen) atoms. The molecule has 0 aliphatic rings. The molecule has 0 aliphatic carbocycles. The summed E-state index contributed by atoms with van der Waals surface area (Å²) in [6.45, 7) is 3.78. The van der Waals surface area contributed by atoms with Crippen LogP contribution in [-0.4, -0.2) is 15.3 Å². The minimum Gasteiger partial charge on any atom is -0.508 e. The van der Waals surface area contributed by atoms with E-state index < -0.39 is 0 Å². The van der Waals surface area contributed by atoms with Crippen LogP contribution in [0.5, 0.6) is 17.2 Å². The standard InChI is InChI=1S/C15H17NO3/c1-9-7-11(17)3-5-14(9)16-10(2)13-8-12(18)4-6-15(13)19/h3-8,10,16-19H,1-2H3. The lowest BCUT2D eigenvalue weighted by atomic mass is 10.1. The third-order valence-electron chi connectivity index (χ3n) is 3.06. The summed E-state index contributed by atoms with van der Waals surface area (Å²) in [5.74, 6) is 0.467. The number of anilines is 1. The second kappa shape index (κ2) is 5.10. The molecule has 0 spiro atoms. The largest absolute Gasteiger partial charge is 0.508 e. The Balaban J connectivity index is 2.25. The predicted molar refractivity (Wildman–Crippen MR) is 74.7 cm³/mol. The van der Waals surface area contributed by atoms with E-state index in [1.54, 1.807) is 18.2 Å². The number of phenolic OH excluding ortho intramolecular Hbond substituents is 3. The van der Waals surface area contributed by atoms with Crippen molar-refractivity contribution in [1.29, 1.82) is 0 Å². The van der Waals surface area contributed by atoms with E-state index in [9.17, 15) is 15.3 Å². The average Bonchev–Trinajstić information content (AvgIpc) is 2.35. The molecular formula is C15H17NO3. The first-order valence-corrected chi connectivity index (χ1v) is 6.05. The molecule has 0 saturated carbocycles. The van der Waals surface area contributed by atoms with Gasteiger partial charge in [-0.15, -0.1) is 0 Å². The fraction of sp³-hybridized carbons (Fsp3) is 0.200. The molecule has 2 aromatic carbocycles. The van der Waals surface area contributed by atoms with Crippen molar-refractivity contribution in [2.75, 3.05) is 5.32 Å². The lowest BCUT2D eigenvalue weighted by Crippen LogP contribution is -2.07.